The molecule has 2 heterocycles. The van der Waals surface area contributed by atoms with Crippen molar-refractivity contribution >= 4 is 17.3 Å². The van der Waals surface area contributed by atoms with Crippen LogP contribution in [0.2, 0.25) is 0 Å². The minimum Gasteiger partial charge on any atom is -0.356 e. The molecule has 3 rings (SSSR count). The van der Waals surface area contributed by atoms with Gasteiger partial charge in [-0.15, -0.1) is 0 Å². The minimum absolute atomic E-state index is 0.608. The Balaban J connectivity index is 1.85. The Morgan fingerprint density at radius 3 is 2.70 bits per heavy atom. The normalized spacial score (nSPS) is 15.3. The SMILES string of the molecule is Cc1nc(Nc2ccccc2C#N)cc(N2CCC(C)CC2)n1. The van der Waals surface area contributed by atoms with Crippen molar-refractivity contribution in [1.82, 2.24) is 9.97 Å². The van der Waals surface area contributed by atoms with E-state index in [-0.39, 0.29) is 0 Å². The maximum absolute atomic E-state index is 9.20. The van der Waals surface area contributed by atoms with Crippen molar-refractivity contribution in [3.8, 4) is 6.07 Å². The zero-order valence-electron chi connectivity index (χ0n) is 13.6. The molecule has 23 heavy (non-hydrogen) atoms. The smallest absolute Gasteiger partial charge is 0.136 e. The van der Waals surface area contributed by atoms with Gasteiger partial charge in [-0.2, -0.15) is 5.26 Å². The topological polar surface area (TPSA) is 64.8 Å². The Labute approximate surface area is 137 Å². The van der Waals surface area contributed by atoms with E-state index in [0.29, 0.717) is 5.56 Å². The van der Waals surface area contributed by atoms with Gasteiger partial charge in [0.25, 0.3) is 0 Å². The molecule has 0 radical (unpaired) electrons. The van der Waals surface area contributed by atoms with Crippen LogP contribution in [0.15, 0.2) is 30.3 Å². The molecule has 2 aromatic rings. The molecule has 0 unspecified atom stereocenters. The molecule has 0 amide bonds. The summed E-state index contributed by atoms with van der Waals surface area (Å²) in [5.41, 5.74) is 1.38. The summed E-state index contributed by atoms with van der Waals surface area (Å²) in [6.07, 6.45) is 2.39. The third-order valence-electron chi connectivity index (χ3n) is 4.24. The van der Waals surface area contributed by atoms with Gasteiger partial charge in [0.15, 0.2) is 0 Å². The molecule has 0 atom stereocenters. The maximum atomic E-state index is 9.20. The van der Waals surface area contributed by atoms with Gasteiger partial charge in [0, 0.05) is 19.2 Å². The Kier molecular flexibility index (Phi) is 4.42. The number of piperidine rings is 1. The highest BCUT2D eigenvalue weighted by molar-refractivity contribution is 5.66. The average Bonchev–Trinajstić information content (AvgIpc) is 2.55. The number of anilines is 3. The van der Waals surface area contributed by atoms with Crippen molar-refractivity contribution in [3.05, 3.63) is 41.7 Å². The molecule has 1 saturated heterocycles. The van der Waals surface area contributed by atoms with Crippen LogP contribution in [0.5, 0.6) is 0 Å². The number of benzene rings is 1. The summed E-state index contributed by atoms with van der Waals surface area (Å²) in [7, 11) is 0. The molecule has 0 spiro atoms. The molecular weight excluding hydrogens is 286 g/mol. The summed E-state index contributed by atoms with van der Waals surface area (Å²) in [6.45, 7) is 6.27. The van der Waals surface area contributed by atoms with Gasteiger partial charge < -0.3 is 10.2 Å². The molecule has 5 heteroatoms. The molecule has 0 bridgehead atoms. The molecule has 1 N–H and O–H groups in total. The highest BCUT2D eigenvalue weighted by Gasteiger charge is 2.18. The lowest BCUT2D eigenvalue weighted by Crippen LogP contribution is -2.33. The van der Waals surface area contributed by atoms with Crippen molar-refractivity contribution in [2.24, 2.45) is 5.92 Å². The first-order valence-corrected chi connectivity index (χ1v) is 8.02. The third-order valence-corrected chi connectivity index (χ3v) is 4.24. The summed E-state index contributed by atoms with van der Waals surface area (Å²) < 4.78 is 0. The molecule has 0 saturated carbocycles. The second kappa shape index (κ2) is 6.66. The van der Waals surface area contributed by atoms with E-state index in [1.807, 2.05) is 31.2 Å². The molecule has 1 aromatic heterocycles. The second-order valence-corrected chi connectivity index (χ2v) is 6.11. The monoisotopic (exact) mass is 307 g/mol. The highest BCUT2D eigenvalue weighted by atomic mass is 15.2. The number of nitrogens with zero attached hydrogens (tertiary/aromatic N) is 4. The minimum atomic E-state index is 0.608. The van der Waals surface area contributed by atoms with Crippen LogP contribution >= 0.6 is 0 Å². The van der Waals surface area contributed by atoms with Crippen molar-refractivity contribution < 1.29 is 0 Å². The van der Waals surface area contributed by atoms with Crippen molar-refractivity contribution in [2.75, 3.05) is 23.3 Å². The van der Waals surface area contributed by atoms with E-state index < -0.39 is 0 Å². The molecule has 1 aliphatic rings. The quantitative estimate of drug-likeness (QED) is 0.938. The maximum Gasteiger partial charge on any atom is 0.136 e. The standard InChI is InChI=1S/C18H21N5/c1-13-7-9-23(10-8-13)18-11-17(20-14(2)21-18)22-16-6-4-3-5-15(16)12-19/h3-6,11,13H,7-10H2,1-2H3,(H,20,21,22). The van der Waals surface area contributed by atoms with Crippen LogP contribution in [-0.4, -0.2) is 23.1 Å². The lowest BCUT2D eigenvalue weighted by atomic mass is 9.99. The fraction of sp³-hybridized carbons (Fsp3) is 0.389. The van der Waals surface area contributed by atoms with Crippen LogP contribution in [-0.2, 0) is 0 Å². The van der Waals surface area contributed by atoms with E-state index in [2.05, 4.69) is 33.2 Å². The number of aromatic nitrogens is 2. The van der Waals surface area contributed by atoms with Crippen LogP contribution in [0.1, 0.15) is 31.2 Å². The number of rotatable bonds is 3. The third kappa shape index (κ3) is 3.59. The first kappa shape index (κ1) is 15.3. The molecule has 1 fully saturated rings. The van der Waals surface area contributed by atoms with E-state index in [9.17, 15) is 5.26 Å². The Bertz CT molecular complexity index is 726. The van der Waals surface area contributed by atoms with Crippen LogP contribution in [0.4, 0.5) is 17.3 Å². The van der Waals surface area contributed by atoms with Crippen molar-refractivity contribution in [1.29, 1.82) is 5.26 Å². The molecular formula is C18H21N5. The van der Waals surface area contributed by atoms with Crippen LogP contribution in [0.25, 0.3) is 0 Å². The zero-order valence-corrected chi connectivity index (χ0v) is 13.6. The first-order chi connectivity index (χ1) is 11.2. The fourth-order valence-electron chi connectivity index (χ4n) is 2.84. The molecule has 0 aliphatic carbocycles. The van der Waals surface area contributed by atoms with E-state index in [0.717, 1.165) is 42.2 Å². The van der Waals surface area contributed by atoms with Gasteiger partial charge in [-0.3, -0.25) is 0 Å². The lowest BCUT2D eigenvalue weighted by Gasteiger charge is -2.31. The number of nitrogens with one attached hydrogen (secondary N) is 1. The first-order valence-electron chi connectivity index (χ1n) is 8.02. The Hall–Kier alpha value is -2.61. The van der Waals surface area contributed by atoms with Gasteiger partial charge in [0.2, 0.25) is 0 Å². The Morgan fingerprint density at radius 2 is 1.96 bits per heavy atom. The van der Waals surface area contributed by atoms with Crippen LogP contribution in [0, 0.1) is 24.2 Å². The summed E-state index contributed by atoms with van der Waals surface area (Å²) in [5.74, 6) is 3.21. The summed E-state index contributed by atoms with van der Waals surface area (Å²) >= 11 is 0. The zero-order chi connectivity index (χ0) is 16.2. The summed E-state index contributed by atoms with van der Waals surface area (Å²) in [5, 5.41) is 12.5. The number of para-hydroxylation sites is 1. The van der Waals surface area contributed by atoms with Gasteiger partial charge in [0.05, 0.1) is 11.3 Å². The number of hydrogen-bond donors (Lipinski definition) is 1. The van der Waals surface area contributed by atoms with Crippen LogP contribution < -0.4 is 10.2 Å². The lowest BCUT2D eigenvalue weighted by molar-refractivity contribution is 0.436. The second-order valence-electron chi connectivity index (χ2n) is 6.11. The molecule has 1 aliphatic heterocycles. The Morgan fingerprint density at radius 1 is 1.22 bits per heavy atom. The summed E-state index contributed by atoms with van der Waals surface area (Å²) in [4.78, 5) is 11.3. The number of aryl methyl sites for hydroxylation is 1. The van der Waals surface area contributed by atoms with Gasteiger partial charge >= 0.3 is 0 Å². The predicted octanol–water partition coefficient (Wildman–Crippen LogP) is 3.64. The summed E-state index contributed by atoms with van der Waals surface area (Å²) in [6, 6.07) is 11.6. The van der Waals surface area contributed by atoms with Gasteiger partial charge in [-0.25, -0.2) is 9.97 Å². The largest absolute Gasteiger partial charge is 0.356 e. The van der Waals surface area contributed by atoms with Crippen molar-refractivity contribution in [3.63, 3.8) is 0 Å². The van der Waals surface area contributed by atoms with Crippen LogP contribution in [0.3, 0.4) is 0 Å². The van der Waals surface area contributed by atoms with Crippen molar-refractivity contribution in [2.45, 2.75) is 26.7 Å². The average molecular weight is 307 g/mol. The molecule has 5 nitrogen and oxygen atoms in total. The van der Waals surface area contributed by atoms with E-state index >= 15 is 0 Å². The van der Waals surface area contributed by atoms with Gasteiger partial charge in [-0.1, -0.05) is 19.1 Å². The van der Waals surface area contributed by atoms with Gasteiger partial charge in [-0.05, 0) is 37.8 Å². The van der Waals surface area contributed by atoms with E-state index in [1.54, 1.807) is 6.07 Å². The van der Waals surface area contributed by atoms with Gasteiger partial charge in [0.1, 0.15) is 23.5 Å². The van der Waals surface area contributed by atoms with E-state index in [1.165, 1.54) is 12.8 Å². The number of hydrogen-bond acceptors (Lipinski definition) is 5. The fourth-order valence-corrected chi connectivity index (χ4v) is 2.84. The predicted molar refractivity (Wildman–Crippen MR) is 91.8 cm³/mol. The molecule has 1 aromatic carbocycles. The molecule has 118 valence electrons. The van der Waals surface area contributed by atoms with E-state index in [4.69, 9.17) is 0 Å². The number of nitriles is 1. The highest BCUT2D eigenvalue weighted by Crippen LogP contribution is 2.25.